The van der Waals surface area contributed by atoms with Crippen LogP contribution in [0.2, 0.25) is 0 Å². The lowest BCUT2D eigenvalue weighted by Gasteiger charge is -2.19. The predicted octanol–water partition coefficient (Wildman–Crippen LogP) is 5.02. The maximum absolute atomic E-state index is 13.6. The molecule has 0 radical (unpaired) electrons. The van der Waals surface area contributed by atoms with Crippen LogP contribution < -0.4 is 15.0 Å². The number of aryl methyl sites for hydroxylation is 3. The van der Waals surface area contributed by atoms with Gasteiger partial charge in [-0.25, -0.2) is 4.90 Å². The third-order valence-electron chi connectivity index (χ3n) is 5.37. The first kappa shape index (κ1) is 20.4. The fraction of sp³-hybridized carbons (Fsp3) is 0.154. The van der Waals surface area contributed by atoms with E-state index in [1.165, 1.54) is 4.90 Å². The van der Waals surface area contributed by atoms with Gasteiger partial charge in [-0.05, 0) is 61.2 Å². The summed E-state index contributed by atoms with van der Waals surface area (Å²) in [6, 6.07) is 20.7. The van der Waals surface area contributed by atoms with Crippen LogP contribution in [0.15, 0.2) is 72.4 Å². The van der Waals surface area contributed by atoms with Gasteiger partial charge in [0.05, 0.1) is 24.1 Å². The zero-order valence-electron chi connectivity index (χ0n) is 18.0. The number of amides is 2. The molecule has 0 unspecified atom stereocenters. The van der Waals surface area contributed by atoms with Gasteiger partial charge >= 0.3 is 0 Å². The van der Waals surface area contributed by atoms with Crippen molar-refractivity contribution in [2.45, 2.75) is 20.8 Å². The molecule has 3 aromatic carbocycles. The maximum Gasteiger partial charge on any atom is 0.282 e. The quantitative estimate of drug-likeness (QED) is 0.598. The molecule has 2 amide bonds. The van der Waals surface area contributed by atoms with Crippen molar-refractivity contribution in [2.75, 3.05) is 17.3 Å². The molecule has 5 heteroatoms. The number of carbonyl (C=O) groups is 2. The minimum absolute atomic E-state index is 0.237. The van der Waals surface area contributed by atoms with Crippen molar-refractivity contribution in [3.8, 4) is 5.75 Å². The average molecular weight is 412 g/mol. The van der Waals surface area contributed by atoms with Gasteiger partial charge in [0.25, 0.3) is 11.8 Å². The Morgan fingerprint density at radius 3 is 2.19 bits per heavy atom. The lowest BCUT2D eigenvalue weighted by atomic mass is 10.0. The first-order chi connectivity index (χ1) is 14.9. The number of imide groups is 1. The first-order valence-corrected chi connectivity index (χ1v) is 10.1. The predicted molar refractivity (Wildman–Crippen MR) is 123 cm³/mol. The van der Waals surface area contributed by atoms with Crippen LogP contribution in [0.25, 0.3) is 5.57 Å². The molecule has 0 aromatic heterocycles. The second-order valence-electron chi connectivity index (χ2n) is 7.68. The molecule has 0 aliphatic carbocycles. The number of hydrogen-bond donors (Lipinski definition) is 1. The molecule has 1 aliphatic rings. The van der Waals surface area contributed by atoms with Crippen molar-refractivity contribution in [1.29, 1.82) is 0 Å². The minimum atomic E-state index is -0.388. The maximum atomic E-state index is 13.6. The summed E-state index contributed by atoms with van der Waals surface area (Å²) in [6.07, 6.45) is 0. The summed E-state index contributed by atoms with van der Waals surface area (Å²) in [4.78, 5) is 28.4. The van der Waals surface area contributed by atoms with E-state index >= 15 is 0 Å². The number of ether oxygens (including phenoxy) is 1. The Labute approximate surface area is 182 Å². The van der Waals surface area contributed by atoms with E-state index in [-0.39, 0.29) is 17.5 Å². The second kappa shape index (κ2) is 8.11. The van der Waals surface area contributed by atoms with Gasteiger partial charge in [0.1, 0.15) is 11.4 Å². The zero-order chi connectivity index (χ0) is 22.1. The number of anilines is 2. The summed E-state index contributed by atoms with van der Waals surface area (Å²) < 4.78 is 5.47. The Kier molecular flexibility index (Phi) is 5.34. The third kappa shape index (κ3) is 3.70. The third-order valence-corrected chi connectivity index (χ3v) is 5.37. The number of rotatable bonds is 5. The summed E-state index contributed by atoms with van der Waals surface area (Å²) >= 11 is 0. The summed E-state index contributed by atoms with van der Waals surface area (Å²) in [5, 5.41) is 3.21. The number of carbonyl (C=O) groups excluding carboxylic acids is 2. The fourth-order valence-corrected chi connectivity index (χ4v) is 3.75. The SMILES string of the molecule is COc1ccc(C)cc1NC1=C(c2ccccc2)C(=O)N(c2cc(C)ccc2C)C1=O. The summed E-state index contributed by atoms with van der Waals surface area (Å²) in [7, 11) is 1.58. The normalized spacial score (nSPS) is 13.7. The minimum Gasteiger partial charge on any atom is -0.495 e. The Hall–Kier alpha value is -3.86. The van der Waals surface area contributed by atoms with Crippen LogP contribution in [0.5, 0.6) is 5.75 Å². The van der Waals surface area contributed by atoms with Crippen LogP contribution in [0.3, 0.4) is 0 Å². The number of benzene rings is 3. The highest BCUT2D eigenvalue weighted by Gasteiger charge is 2.41. The largest absolute Gasteiger partial charge is 0.495 e. The Morgan fingerprint density at radius 2 is 1.48 bits per heavy atom. The Morgan fingerprint density at radius 1 is 0.806 bits per heavy atom. The van der Waals surface area contributed by atoms with Crippen molar-refractivity contribution >= 4 is 28.8 Å². The van der Waals surface area contributed by atoms with Crippen molar-refractivity contribution in [3.05, 3.63) is 94.7 Å². The number of methoxy groups -OCH3 is 1. The van der Waals surface area contributed by atoms with Crippen LogP contribution in [0, 0.1) is 20.8 Å². The van der Waals surface area contributed by atoms with Crippen LogP contribution in [0.4, 0.5) is 11.4 Å². The van der Waals surface area contributed by atoms with Gasteiger partial charge in [0.15, 0.2) is 0 Å². The van der Waals surface area contributed by atoms with Gasteiger partial charge < -0.3 is 10.1 Å². The Balaban J connectivity index is 1.87. The van der Waals surface area contributed by atoms with Crippen LogP contribution in [-0.4, -0.2) is 18.9 Å². The molecule has 0 saturated carbocycles. The van der Waals surface area contributed by atoms with E-state index in [0.29, 0.717) is 28.3 Å². The highest BCUT2D eigenvalue weighted by Crippen LogP contribution is 2.37. The molecular weight excluding hydrogens is 388 g/mol. The van der Waals surface area contributed by atoms with Gasteiger partial charge in [-0.1, -0.05) is 48.5 Å². The molecule has 156 valence electrons. The molecule has 1 N–H and O–H groups in total. The topological polar surface area (TPSA) is 58.6 Å². The molecule has 3 aromatic rings. The van der Waals surface area contributed by atoms with E-state index in [4.69, 9.17) is 4.74 Å². The second-order valence-corrected chi connectivity index (χ2v) is 7.68. The van der Waals surface area contributed by atoms with Gasteiger partial charge in [0, 0.05) is 0 Å². The van der Waals surface area contributed by atoms with E-state index in [2.05, 4.69) is 5.32 Å². The van der Waals surface area contributed by atoms with E-state index < -0.39 is 0 Å². The first-order valence-electron chi connectivity index (χ1n) is 10.1. The molecule has 0 spiro atoms. The van der Waals surface area contributed by atoms with Gasteiger partial charge in [-0.15, -0.1) is 0 Å². The van der Waals surface area contributed by atoms with Gasteiger partial charge in [-0.3, -0.25) is 9.59 Å². The van der Waals surface area contributed by atoms with E-state index in [9.17, 15) is 9.59 Å². The van der Waals surface area contributed by atoms with Crippen molar-refractivity contribution in [3.63, 3.8) is 0 Å². The summed E-state index contributed by atoms with van der Waals surface area (Å²) in [5.74, 6) is -0.143. The molecule has 0 fully saturated rings. The molecule has 0 saturated heterocycles. The lowest BCUT2D eigenvalue weighted by molar-refractivity contribution is -0.120. The van der Waals surface area contributed by atoms with Crippen LogP contribution in [0.1, 0.15) is 22.3 Å². The van der Waals surface area contributed by atoms with Gasteiger partial charge in [-0.2, -0.15) is 0 Å². The van der Waals surface area contributed by atoms with Crippen molar-refractivity contribution in [1.82, 2.24) is 0 Å². The van der Waals surface area contributed by atoms with E-state index in [0.717, 1.165) is 16.7 Å². The van der Waals surface area contributed by atoms with Crippen LogP contribution >= 0.6 is 0 Å². The molecule has 0 atom stereocenters. The fourth-order valence-electron chi connectivity index (χ4n) is 3.75. The lowest BCUT2D eigenvalue weighted by Crippen LogP contribution is -2.33. The van der Waals surface area contributed by atoms with Gasteiger partial charge in [0.2, 0.25) is 0 Å². The number of nitrogens with one attached hydrogen (secondary N) is 1. The molecule has 31 heavy (non-hydrogen) atoms. The highest BCUT2D eigenvalue weighted by molar-refractivity contribution is 6.46. The Bertz CT molecular complexity index is 1210. The number of nitrogens with zero attached hydrogens (tertiary/aromatic N) is 1. The molecule has 0 bridgehead atoms. The highest BCUT2D eigenvalue weighted by atomic mass is 16.5. The summed E-state index contributed by atoms with van der Waals surface area (Å²) in [6.45, 7) is 5.80. The van der Waals surface area contributed by atoms with Crippen LogP contribution in [-0.2, 0) is 9.59 Å². The monoisotopic (exact) mass is 412 g/mol. The molecule has 1 aliphatic heterocycles. The smallest absolute Gasteiger partial charge is 0.282 e. The van der Waals surface area contributed by atoms with Crippen molar-refractivity contribution < 1.29 is 14.3 Å². The standard InChI is InChI=1S/C26H24N2O3/c1-16-11-13-22(31-4)20(14-16)27-24-23(19-8-6-5-7-9-19)25(29)28(26(24)30)21-15-17(2)10-12-18(21)3/h5-15,27H,1-4H3. The number of hydrogen-bond acceptors (Lipinski definition) is 4. The molecular formula is C26H24N2O3. The van der Waals surface area contributed by atoms with E-state index in [1.807, 2.05) is 87.5 Å². The zero-order valence-corrected chi connectivity index (χ0v) is 18.0. The molecule has 4 rings (SSSR count). The molecule has 1 heterocycles. The average Bonchev–Trinajstić information content (AvgIpc) is 3.00. The van der Waals surface area contributed by atoms with Crippen molar-refractivity contribution in [2.24, 2.45) is 0 Å². The molecule has 5 nitrogen and oxygen atoms in total. The van der Waals surface area contributed by atoms with E-state index in [1.54, 1.807) is 7.11 Å². The summed E-state index contributed by atoms with van der Waals surface area (Å²) in [5.41, 5.74) is 5.33.